The van der Waals surface area contributed by atoms with Crippen LogP contribution in [-0.4, -0.2) is 15.6 Å². The molecule has 3 nitrogen and oxygen atoms in total. The van der Waals surface area contributed by atoms with Gasteiger partial charge in [0.2, 0.25) is 0 Å². The van der Waals surface area contributed by atoms with E-state index in [0.29, 0.717) is 11.1 Å². The van der Waals surface area contributed by atoms with E-state index >= 15 is 0 Å². The molecule has 16 heavy (non-hydrogen) atoms. The van der Waals surface area contributed by atoms with Gasteiger partial charge in [0.1, 0.15) is 0 Å². The van der Waals surface area contributed by atoms with Crippen LogP contribution in [-0.2, 0) is 7.05 Å². The minimum atomic E-state index is -0.0105. The third-order valence-corrected chi connectivity index (χ3v) is 3.46. The number of ketones is 1. The summed E-state index contributed by atoms with van der Waals surface area (Å²) in [5.41, 5.74) is 2.33. The van der Waals surface area contributed by atoms with Crippen molar-refractivity contribution in [1.29, 1.82) is 0 Å². The normalized spacial score (nSPS) is 10.4. The van der Waals surface area contributed by atoms with Crippen molar-refractivity contribution >= 4 is 21.7 Å². The molecule has 0 fully saturated rings. The van der Waals surface area contributed by atoms with Crippen LogP contribution in [0.25, 0.3) is 0 Å². The second-order valence-corrected chi connectivity index (χ2v) is 4.46. The van der Waals surface area contributed by atoms with Gasteiger partial charge in [0.25, 0.3) is 0 Å². The lowest BCUT2D eigenvalue weighted by atomic mass is 10.0. The predicted molar refractivity (Wildman–Crippen MR) is 65.5 cm³/mol. The molecule has 4 heteroatoms. The number of hydrogen-bond acceptors (Lipinski definition) is 2. The highest BCUT2D eigenvalue weighted by Gasteiger charge is 2.14. The maximum Gasteiger partial charge on any atom is 0.197 e. The molecule has 2 aromatic rings. The summed E-state index contributed by atoms with van der Waals surface area (Å²) in [6.07, 6.45) is 3.30. The minimum absolute atomic E-state index is 0.0105. The molecule has 0 atom stereocenters. The van der Waals surface area contributed by atoms with E-state index in [-0.39, 0.29) is 5.78 Å². The lowest BCUT2D eigenvalue weighted by Crippen LogP contribution is -2.02. The fourth-order valence-corrected chi connectivity index (χ4v) is 1.96. The van der Waals surface area contributed by atoms with Crippen molar-refractivity contribution in [3.8, 4) is 0 Å². The Morgan fingerprint density at radius 1 is 1.44 bits per heavy atom. The van der Waals surface area contributed by atoms with Gasteiger partial charge in [0.15, 0.2) is 5.78 Å². The Balaban J connectivity index is 2.45. The van der Waals surface area contributed by atoms with Gasteiger partial charge in [0.05, 0.1) is 11.8 Å². The van der Waals surface area contributed by atoms with Crippen molar-refractivity contribution in [1.82, 2.24) is 9.78 Å². The number of benzene rings is 1. The monoisotopic (exact) mass is 278 g/mol. The molecule has 0 spiro atoms. The van der Waals surface area contributed by atoms with Crippen LogP contribution in [0.15, 0.2) is 35.1 Å². The molecule has 0 N–H and O–H groups in total. The molecule has 1 aromatic heterocycles. The Morgan fingerprint density at radius 3 is 2.81 bits per heavy atom. The Morgan fingerprint density at radius 2 is 2.19 bits per heavy atom. The molecule has 0 saturated heterocycles. The molecule has 82 valence electrons. The van der Waals surface area contributed by atoms with Gasteiger partial charge in [0, 0.05) is 23.3 Å². The number of aromatic nitrogens is 2. The van der Waals surface area contributed by atoms with Gasteiger partial charge in [-0.3, -0.25) is 9.48 Å². The Labute approximate surface area is 102 Å². The zero-order valence-electron chi connectivity index (χ0n) is 9.07. The van der Waals surface area contributed by atoms with Gasteiger partial charge >= 0.3 is 0 Å². The highest BCUT2D eigenvalue weighted by atomic mass is 79.9. The van der Waals surface area contributed by atoms with E-state index in [9.17, 15) is 4.79 Å². The second kappa shape index (κ2) is 4.22. The number of nitrogens with zero attached hydrogens (tertiary/aromatic N) is 2. The van der Waals surface area contributed by atoms with Crippen molar-refractivity contribution in [3.05, 3.63) is 51.8 Å². The van der Waals surface area contributed by atoms with E-state index in [1.165, 1.54) is 0 Å². The highest BCUT2D eigenvalue weighted by Crippen LogP contribution is 2.23. The lowest BCUT2D eigenvalue weighted by molar-refractivity contribution is 0.103. The standard InChI is InChI=1S/C12H11BrN2O/c1-8-4-3-5-10(11(8)13)12(16)9-6-14-15(2)7-9/h3-7H,1-2H3. The summed E-state index contributed by atoms with van der Waals surface area (Å²) in [5, 5.41) is 4.00. The molecule has 0 aliphatic carbocycles. The van der Waals surface area contributed by atoms with Crippen molar-refractivity contribution < 1.29 is 4.79 Å². The van der Waals surface area contributed by atoms with E-state index in [1.54, 1.807) is 24.1 Å². The topological polar surface area (TPSA) is 34.9 Å². The summed E-state index contributed by atoms with van der Waals surface area (Å²) in [4.78, 5) is 12.1. The van der Waals surface area contributed by atoms with Gasteiger partial charge in [-0.2, -0.15) is 5.10 Å². The van der Waals surface area contributed by atoms with Crippen molar-refractivity contribution in [2.75, 3.05) is 0 Å². The maximum absolute atomic E-state index is 12.1. The minimum Gasteiger partial charge on any atom is -0.288 e. The molecule has 1 heterocycles. The first-order chi connectivity index (χ1) is 7.59. The second-order valence-electron chi connectivity index (χ2n) is 3.67. The first-order valence-electron chi connectivity index (χ1n) is 4.88. The van der Waals surface area contributed by atoms with E-state index in [0.717, 1.165) is 10.0 Å². The third kappa shape index (κ3) is 1.93. The average molecular weight is 279 g/mol. The smallest absolute Gasteiger partial charge is 0.197 e. The van der Waals surface area contributed by atoms with E-state index in [2.05, 4.69) is 21.0 Å². The maximum atomic E-state index is 12.1. The molecule has 0 amide bonds. The zero-order chi connectivity index (χ0) is 11.7. The SMILES string of the molecule is Cc1cccc(C(=O)c2cnn(C)c2)c1Br. The predicted octanol–water partition coefficient (Wildman–Crippen LogP) is 2.72. The van der Waals surface area contributed by atoms with Crippen LogP contribution in [0.3, 0.4) is 0 Å². The quantitative estimate of drug-likeness (QED) is 0.792. The third-order valence-electron chi connectivity index (χ3n) is 2.40. The summed E-state index contributed by atoms with van der Waals surface area (Å²) < 4.78 is 2.47. The molecule has 0 radical (unpaired) electrons. The first-order valence-corrected chi connectivity index (χ1v) is 5.67. The highest BCUT2D eigenvalue weighted by molar-refractivity contribution is 9.10. The largest absolute Gasteiger partial charge is 0.288 e. The summed E-state index contributed by atoms with van der Waals surface area (Å²) >= 11 is 3.44. The number of rotatable bonds is 2. The van der Waals surface area contributed by atoms with Crippen molar-refractivity contribution in [2.24, 2.45) is 7.05 Å². The molecule has 0 bridgehead atoms. The molecule has 1 aromatic carbocycles. The van der Waals surface area contributed by atoms with E-state index in [4.69, 9.17) is 0 Å². The van der Waals surface area contributed by atoms with Crippen LogP contribution in [0, 0.1) is 6.92 Å². The van der Waals surface area contributed by atoms with Gasteiger partial charge in [-0.05, 0) is 34.5 Å². The number of aryl methyl sites for hydroxylation is 2. The van der Waals surface area contributed by atoms with Crippen LogP contribution in [0.4, 0.5) is 0 Å². The van der Waals surface area contributed by atoms with Crippen LogP contribution >= 0.6 is 15.9 Å². The van der Waals surface area contributed by atoms with Crippen molar-refractivity contribution in [3.63, 3.8) is 0 Å². The number of halogens is 1. The van der Waals surface area contributed by atoms with Crippen LogP contribution in [0.1, 0.15) is 21.5 Å². The molecule has 0 saturated carbocycles. The number of carbonyl (C=O) groups excluding carboxylic acids is 1. The van der Waals surface area contributed by atoms with Crippen molar-refractivity contribution in [2.45, 2.75) is 6.92 Å². The molecule has 0 aliphatic heterocycles. The summed E-state index contributed by atoms with van der Waals surface area (Å²) in [7, 11) is 1.79. The van der Waals surface area contributed by atoms with Gasteiger partial charge in [-0.25, -0.2) is 0 Å². The summed E-state index contributed by atoms with van der Waals surface area (Å²) in [6.45, 7) is 1.96. The Bertz CT molecular complexity index is 546. The first kappa shape index (κ1) is 11.1. The average Bonchev–Trinajstić information content (AvgIpc) is 2.68. The Hall–Kier alpha value is -1.42. The number of hydrogen-bond donors (Lipinski definition) is 0. The Kier molecular flexibility index (Phi) is 2.92. The van der Waals surface area contributed by atoms with Gasteiger partial charge in [-0.15, -0.1) is 0 Å². The van der Waals surface area contributed by atoms with E-state index in [1.807, 2.05) is 25.1 Å². The van der Waals surface area contributed by atoms with Crippen LogP contribution < -0.4 is 0 Å². The molecular formula is C12H11BrN2O. The fraction of sp³-hybridized carbons (Fsp3) is 0.167. The van der Waals surface area contributed by atoms with Gasteiger partial charge < -0.3 is 0 Å². The molecule has 2 rings (SSSR count). The molecule has 0 unspecified atom stereocenters. The summed E-state index contributed by atoms with van der Waals surface area (Å²) in [5.74, 6) is -0.0105. The van der Waals surface area contributed by atoms with Crippen LogP contribution in [0.5, 0.6) is 0 Å². The molecular weight excluding hydrogens is 268 g/mol. The van der Waals surface area contributed by atoms with Crippen LogP contribution in [0.2, 0.25) is 0 Å². The zero-order valence-corrected chi connectivity index (χ0v) is 10.7. The summed E-state index contributed by atoms with van der Waals surface area (Å²) in [6, 6.07) is 5.65. The lowest BCUT2D eigenvalue weighted by Gasteiger charge is -2.04. The van der Waals surface area contributed by atoms with Gasteiger partial charge in [-0.1, -0.05) is 12.1 Å². The fourth-order valence-electron chi connectivity index (χ4n) is 1.52. The van der Waals surface area contributed by atoms with E-state index < -0.39 is 0 Å². The number of carbonyl (C=O) groups is 1. The molecule has 0 aliphatic rings.